The second kappa shape index (κ2) is 4.24. The molecule has 0 amide bonds. The zero-order valence-electron chi connectivity index (χ0n) is 9.40. The van der Waals surface area contributed by atoms with Gasteiger partial charge in [-0.3, -0.25) is 0 Å². The Hall–Kier alpha value is -2.01. The van der Waals surface area contributed by atoms with Gasteiger partial charge in [0, 0.05) is 0 Å². The minimum Gasteiger partial charge on any atom is -0.497 e. The SMILES string of the molecule is COc1ccc2cc(C(C)C#N)ccc2c1. The Bertz CT molecular complexity index is 554. The number of fused-ring (bicyclic) bond motifs is 1. The van der Waals surface area contributed by atoms with Crippen LogP contribution in [0.4, 0.5) is 0 Å². The van der Waals surface area contributed by atoms with E-state index < -0.39 is 0 Å². The molecule has 2 aromatic rings. The van der Waals surface area contributed by atoms with Crippen molar-refractivity contribution in [3.05, 3.63) is 42.0 Å². The average molecular weight is 211 g/mol. The summed E-state index contributed by atoms with van der Waals surface area (Å²) in [7, 11) is 1.66. The van der Waals surface area contributed by atoms with E-state index in [0.29, 0.717) is 0 Å². The molecule has 0 saturated carbocycles. The van der Waals surface area contributed by atoms with Crippen LogP contribution in [-0.4, -0.2) is 7.11 Å². The third kappa shape index (κ3) is 1.85. The molecule has 0 spiro atoms. The Kier molecular flexibility index (Phi) is 2.78. The fourth-order valence-electron chi connectivity index (χ4n) is 1.71. The van der Waals surface area contributed by atoms with Gasteiger partial charge in [0.2, 0.25) is 0 Å². The van der Waals surface area contributed by atoms with Crippen LogP contribution in [0.3, 0.4) is 0 Å². The van der Waals surface area contributed by atoms with E-state index in [4.69, 9.17) is 10.00 Å². The van der Waals surface area contributed by atoms with Crippen molar-refractivity contribution < 1.29 is 4.74 Å². The molecule has 1 unspecified atom stereocenters. The Balaban J connectivity index is 2.52. The van der Waals surface area contributed by atoms with Gasteiger partial charge in [0.05, 0.1) is 19.1 Å². The summed E-state index contributed by atoms with van der Waals surface area (Å²) in [5.41, 5.74) is 1.06. The Morgan fingerprint density at radius 3 is 2.50 bits per heavy atom. The summed E-state index contributed by atoms with van der Waals surface area (Å²) in [5.74, 6) is 0.792. The summed E-state index contributed by atoms with van der Waals surface area (Å²) in [6.07, 6.45) is 0. The van der Waals surface area contributed by atoms with Gasteiger partial charge in [-0.25, -0.2) is 0 Å². The molecule has 0 heterocycles. The largest absolute Gasteiger partial charge is 0.497 e. The standard InChI is InChI=1S/C14H13NO/c1-10(9-15)11-3-4-13-8-14(16-2)6-5-12(13)7-11/h3-8,10H,1-2H3. The van der Waals surface area contributed by atoms with Gasteiger partial charge in [-0.2, -0.15) is 5.26 Å². The van der Waals surface area contributed by atoms with Crippen molar-refractivity contribution in [2.75, 3.05) is 7.11 Å². The normalized spacial score (nSPS) is 12.1. The summed E-state index contributed by atoms with van der Waals surface area (Å²) >= 11 is 0. The highest BCUT2D eigenvalue weighted by molar-refractivity contribution is 5.84. The van der Waals surface area contributed by atoms with Crippen LogP contribution < -0.4 is 4.74 Å². The van der Waals surface area contributed by atoms with Crippen LogP contribution in [0.15, 0.2) is 36.4 Å². The monoisotopic (exact) mass is 211 g/mol. The van der Waals surface area contributed by atoms with Crippen molar-refractivity contribution in [1.29, 1.82) is 5.26 Å². The molecule has 0 radical (unpaired) electrons. The highest BCUT2D eigenvalue weighted by Crippen LogP contribution is 2.24. The molecule has 0 fully saturated rings. The number of methoxy groups -OCH3 is 1. The van der Waals surface area contributed by atoms with Crippen LogP contribution in [-0.2, 0) is 0 Å². The van der Waals surface area contributed by atoms with Gasteiger partial charge in [-0.05, 0) is 41.5 Å². The topological polar surface area (TPSA) is 33.0 Å². The number of hydrogen-bond donors (Lipinski definition) is 0. The van der Waals surface area contributed by atoms with E-state index in [2.05, 4.69) is 12.1 Å². The lowest BCUT2D eigenvalue weighted by Crippen LogP contribution is -1.89. The molecular weight excluding hydrogens is 198 g/mol. The molecule has 1 atom stereocenters. The zero-order valence-corrected chi connectivity index (χ0v) is 9.40. The first-order valence-corrected chi connectivity index (χ1v) is 5.22. The number of hydrogen-bond acceptors (Lipinski definition) is 2. The van der Waals surface area contributed by atoms with Crippen LogP contribution in [0.25, 0.3) is 10.8 Å². The maximum absolute atomic E-state index is 8.87. The van der Waals surface area contributed by atoms with Crippen molar-refractivity contribution in [3.63, 3.8) is 0 Å². The predicted molar refractivity (Wildman–Crippen MR) is 64.5 cm³/mol. The first-order chi connectivity index (χ1) is 7.74. The molecule has 16 heavy (non-hydrogen) atoms. The van der Waals surface area contributed by atoms with E-state index in [1.54, 1.807) is 7.11 Å². The van der Waals surface area contributed by atoms with E-state index in [9.17, 15) is 0 Å². The molecule has 2 heteroatoms. The third-order valence-corrected chi connectivity index (χ3v) is 2.77. The molecule has 80 valence electrons. The molecule has 0 aliphatic carbocycles. The second-order valence-electron chi connectivity index (χ2n) is 3.82. The van der Waals surface area contributed by atoms with Crippen molar-refractivity contribution in [3.8, 4) is 11.8 Å². The maximum atomic E-state index is 8.87. The number of ether oxygens (including phenoxy) is 1. The van der Waals surface area contributed by atoms with E-state index in [1.807, 2.05) is 37.3 Å². The van der Waals surface area contributed by atoms with Gasteiger partial charge in [0.15, 0.2) is 0 Å². The van der Waals surface area contributed by atoms with Crippen molar-refractivity contribution >= 4 is 10.8 Å². The van der Waals surface area contributed by atoms with E-state index >= 15 is 0 Å². The van der Waals surface area contributed by atoms with Crippen molar-refractivity contribution in [2.24, 2.45) is 0 Å². The predicted octanol–water partition coefficient (Wildman–Crippen LogP) is 3.48. The Morgan fingerprint density at radius 2 is 1.81 bits per heavy atom. The fourth-order valence-corrected chi connectivity index (χ4v) is 1.71. The smallest absolute Gasteiger partial charge is 0.119 e. The van der Waals surface area contributed by atoms with Gasteiger partial charge in [0.25, 0.3) is 0 Å². The number of nitrogens with zero attached hydrogens (tertiary/aromatic N) is 1. The Morgan fingerprint density at radius 1 is 1.12 bits per heavy atom. The molecule has 2 aromatic carbocycles. The minimum absolute atomic E-state index is 0.0634. The minimum atomic E-state index is -0.0634. The Labute approximate surface area is 95.1 Å². The lowest BCUT2D eigenvalue weighted by Gasteiger charge is -2.06. The quantitative estimate of drug-likeness (QED) is 0.761. The summed E-state index contributed by atoms with van der Waals surface area (Å²) in [5, 5.41) is 11.1. The van der Waals surface area contributed by atoms with E-state index in [0.717, 1.165) is 22.1 Å². The second-order valence-corrected chi connectivity index (χ2v) is 3.82. The molecule has 2 nitrogen and oxygen atoms in total. The van der Waals surface area contributed by atoms with Gasteiger partial charge in [-0.1, -0.05) is 18.2 Å². The highest BCUT2D eigenvalue weighted by atomic mass is 16.5. The number of benzene rings is 2. The lowest BCUT2D eigenvalue weighted by molar-refractivity contribution is 0.415. The summed E-state index contributed by atoms with van der Waals surface area (Å²) in [6.45, 7) is 1.91. The van der Waals surface area contributed by atoms with Crippen LogP contribution >= 0.6 is 0 Å². The van der Waals surface area contributed by atoms with Gasteiger partial charge < -0.3 is 4.74 Å². The first kappa shape index (κ1) is 10.5. The fraction of sp³-hybridized carbons (Fsp3) is 0.214. The molecule has 0 N–H and O–H groups in total. The molecule has 0 saturated heterocycles. The molecule has 0 aliphatic heterocycles. The molecular formula is C14H13NO. The molecule has 0 aliphatic rings. The van der Waals surface area contributed by atoms with Crippen LogP contribution in [0.1, 0.15) is 18.4 Å². The third-order valence-electron chi connectivity index (χ3n) is 2.77. The summed E-state index contributed by atoms with van der Waals surface area (Å²) in [4.78, 5) is 0. The number of rotatable bonds is 2. The van der Waals surface area contributed by atoms with Crippen molar-refractivity contribution in [1.82, 2.24) is 0 Å². The maximum Gasteiger partial charge on any atom is 0.119 e. The highest BCUT2D eigenvalue weighted by Gasteiger charge is 2.04. The van der Waals surface area contributed by atoms with Gasteiger partial charge in [0.1, 0.15) is 5.75 Å². The van der Waals surface area contributed by atoms with E-state index in [1.165, 1.54) is 0 Å². The summed E-state index contributed by atoms with van der Waals surface area (Å²) < 4.78 is 5.17. The first-order valence-electron chi connectivity index (χ1n) is 5.22. The molecule has 0 bridgehead atoms. The average Bonchev–Trinajstić information content (AvgIpc) is 2.36. The molecule has 0 aromatic heterocycles. The number of nitriles is 1. The van der Waals surface area contributed by atoms with Crippen LogP contribution in [0.2, 0.25) is 0 Å². The molecule has 2 rings (SSSR count). The van der Waals surface area contributed by atoms with E-state index in [-0.39, 0.29) is 5.92 Å². The van der Waals surface area contributed by atoms with Crippen LogP contribution in [0.5, 0.6) is 5.75 Å². The van der Waals surface area contributed by atoms with Crippen LogP contribution in [0, 0.1) is 11.3 Å². The summed E-state index contributed by atoms with van der Waals surface area (Å²) in [6, 6.07) is 14.3. The zero-order chi connectivity index (χ0) is 11.5. The van der Waals surface area contributed by atoms with Gasteiger partial charge >= 0.3 is 0 Å². The lowest BCUT2D eigenvalue weighted by atomic mass is 9.99. The van der Waals surface area contributed by atoms with Gasteiger partial charge in [-0.15, -0.1) is 0 Å². The van der Waals surface area contributed by atoms with Crippen molar-refractivity contribution in [2.45, 2.75) is 12.8 Å².